The Kier molecular flexibility index (Phi) is 3.51. The molecule has 0 aromatic heterocycles. The van der Waals surface area contributed by atoms with Crippen LogP contribution in [0.2, 0.25) is 0 Å². The molecule has 1 saturated heterocycles. The summed E-state index contributed by atoms with van der Waals surface area (Å²) in [6.07, 6.45) is 13.0. The Bertz CT molecular complexity index is 721. The molecule has 0 unspecified atom stereocenters. The molecule has 28 heavy (non-hydrogen) atoms. The third-order valence-electron chi connectivity index (χ3n) is 9.25. The lowest BCUT2D eigenvalue weighted by molar-refractivity contribution is -0.145. The number of rotatable bonds is 4. The molecular weight excluding hydrogens is 352 g/mol. The number of amides is 3. The predicted molar refractivity (Wildman–Crippen MR) is 103 cm³/mol. The number of allylic oxidation sites excluding steroid dienone is 2. The minimum atomic E-state index is -0.212. The minimum Gasteiger partial charge on any atom is -0.352 e. The van der Waals surface area contributed by atoms with E-state index >= 15 is 0 Å². The van der Waals surface area contributed by atoms with E-state index in [2.05, 4.69) is 24.4 Å². The molecule has 1 heterocycles. The maximum absolute atomic E-state index is 12.8. The van der Waals surface area contributed by atoms with Gasteiger partial charge < -0.3 is 5.32 Å². The van der Waals surface area contributed by atoms with Gasteiger partial charge in [-0.2, -0.15) is 0 Å². The number of imide groups is 1. The van der Waals surface area contributed by atoms with Gasteiger partial charge in [0.15, 0.2) is 0 Å². The average molecular weight is 383 g/mol. The molecule has 6 fully saturated rings. The fourth-order valence-electron chi connectivity index (χ4n) is 8.41. The summed E-state index contributed by atoms with van der Waals surface area (Å²) in [7, 11) is 0. The molecule has 0 aromatic carbocycles. The summed E-state index contributed by atoms with van der Waals surface area (Å²) < 4.78 is 0. The van der Waals surface area contributed by atoms with E-state index in [1.807, 2.05) is 0 Å². The Morgan fingerprint density at radius 3 is 2.00 bits per heavy atom. The van der Waals surface area contributed by atoms with Crippen LogP contribution in [0, 0.1) is 46.8 Å². The first kappa shape index (κ1) is 17.2. The van der Waals surface area contributed by atoms with E-state index in [0.717, 1.165) is 24.2 Å². The van der Waals surface area contributed by atoms with E-state index in [0.29, 0.717) is 0 Å². The number of carbonyl (C=O) groups excluding carboxylic acids is 3. The van der Waals surface area contributed by atoms with Crippen LogP contribution in [0.3, 0.4) is 0 Å². The Morgan fingerprint density at radius 1 is 1.00 bits per heavy atom. The number of hydrogen-bond donors (Lipinski definition) is 1. The quantitative estimate of drug-likeness (QED) is 0.600. The van der Waals surface area contributed by atoms with Crippen LogP contribution in [-0.2, 0) is 14.4 Å². The molecule has 7 aliphatic rings. The van der Waals surface area contributed by atoms with Crippen molar-refractivity contribution in [3.63, 3.8) is 0 Å². The second-order valence-electron chi connectivity index (χ2n) is 10.8. The smallest absolute Gasteiger partial charge is 0.240 e. The van der Waals surface area contributed by atoms with Crippen molar-refractivity contribution < 1.29 is 14.4 Å². The predicted octanol–water partition coefficient (Wildman–Crippen LogP) is 2.51. The molecule has 5 heteroatoms. The van der Waals surface area contributed by atoms with E-state index in [-0.39, 0.29) is 59.4 Å². The monoisotopic (exact) mass is 382 g/mol. The maximum atomic E-state index is 12.8. The summed E-state index contributed by atoms with van der Waals surface area (Å²) in [6.45, 7) is 2.05. The molecule has 5 atom stereocenters. The molecule has 0 aromatic rings. The van der Waals surface area contributed by atoms with Crippen LogP contribution >= 0.6 is 0 Å². The minimum absolute atomic E-state index is 0.0964. The fraction of sp³-hybridized carbons (Fsp3) is 0.783. The SMILES string of the molecule is C[C@H](NC(=O)CN1C(=O)[C@@H]2[C@H](C1=O)[C@H]1C=C[C@H]2C1)C12CC3CC(CC(C3)C1)C2. The summed E-state index contributed by atoms with van der Waals surface area (Å²) >= 11 is 0. The van der Waals surface area contributed by atoms with Gasteiger partial charge in [-0.15, -0.1) is 0 Å². The van der Waals surface area contributed by atoms with E-state index in [1.54, 1.807) is 0 Å². The normalized spacial score (nSPS) is 48.5. The highest BCUT2D eigenvalue weighted by Gasteiger charge is 2.59. The number of hydrogen-bond acceptors (Lipinski definition) is 3. The summed E-state index contributed by atoms with van der Waals surface area (Å²) in [5.74, 6) is 2.10. The molecule has 0 spiro atoms. The van der Waals surface area contributed by atoms with Crippen molar-refractivity contribution in [2.75, 3.05) is 6.54 Å². The summed E-state index contributed by atoms with van der Waals surface area (Å²) in [5, 5.41) is 3.21. The van der Waals surface area contributed by atoms with Crippen LogP contribution in [0.15, 0.2) is 12.2 Å². The first-order valence-electron chi connectivity index (χ1n) is 11.3. The molecule has 150 valence electrons. The van der Waals surface area contributed by atoms with Crippen molar-refractivity contribution in [3.8, 4) is 0 Å². The fourth-order valence-corrected chi connectivity index (χ4v) is 8.41. The van der Waals surface area contributed by atoms with Gasteiger partial charge in [-0.1, -0.05) is 12.2 Å². The van der Waals surface area contributed by atoms with Crippen molar-refractivity contribution >= 4 is 17.7 Å². The lowest BCUT2D eigenvalue weighted by Crippen LogP contribution is -2.57. The van der Waals surface area contributed by atoms with Crippen molar-refractivity contribution in [1.82, 2.24) is 10.2 Å². The van der Waals surface area contributed by atoms with Crippen molar-refractivity contribution in [3.05, 3.63) is 12.2 Å². The van der Waals surface area contributed by atoms with Crippen molar-refractivity contribution in [2.24, 2.45) is 46.8 Å². The van der Waals surface area contributed by atoms with Gasteiger partial charge in [0, 0.05) is 6.04 Å². The van der Waals surface area contributed by atoms with E-state index in [4.69, 9.17) is 0 Å². The Morgan fingerprint density at radius 2 is 1.50 bits per heavy atom. The first-order chi connectivity index (χ1) is 13.4. The zero-order valence-electron chi connectivity index (χ0n) is 16.6. The van der Waals surface area contributed by atoms with Gasteiger partial charge >= 0.3 is 0 Å². The Hall–Kier alpha value is -1.65. The van der Waals surface area contributed by atoms with Crippen LogP contribution in [-0.4, -0.2) is 35.2 Å². The van der Waals surface area contributed by atoms with Gasteiger partial charge in [0.25, 0.3) is 0 Å². The first-order valence-corrected chi connectivity index (χ1v) is 11.3. The molecule has 6 aliphatic carbocycles. The van der Waals surface area contributed by atoms with Gasteiger partial charge in [0.2, 0.25) is 17.7 Å². The topological polar surface area (TPSA) is 66.5 Å². The zero-order chi connectivity index (χ0) is 19.2. The van der Waals surface area contributed by atoms with Crippen LogP contribution < -0.4 is 5.32 Å². The second kappa shape index (κ2) is 5.70. The van der Waals surface area contributed by atoms with Gasteiger partial charge in [-0.3, -0.25) is 19.3 Å². The molecule has 5 nitrogen and oxygen atoms in total. The average Bonchev–Trinajstić information content (AvgIpc) is 3.30. The standard InChI is InChI=1S/C23H30N2O3/c1-12(23-8-13-4-14(9-23)6-15(5-13)10-23)24-18(26)11-25-21(27)19-16-2-3-17(7-16)20(19)22(25)28/h2-3,12-17,19-20H,4-11H2,1H3,(H,24,26)/t12-,13?,14?,15?,16-,17-,19-,20+,23?/m0/s1. The van der Waals surface area contributed by atoms with E-state index < -0.39 is 0 Å². The van der Waals surface area contributed by atoms with E-state index in [1.165, 1.54) is 43.4 Å². The molecule has 3 amide bonds. The number of likely N-dealkylation sites (tertiary alicyclic amines) is 1. The number of carbonyl (C=O) groups is 3. The molecule has 6 bridgehead atoms. The van der Waals surface area contributed by atoms with Gasteiger partial charge in [0.05, 0.1) is 11.8 Å². The number of nitrogens with one attached hydrogen (secondary N) is 1. The van der Waals surface area contributed by atoms with Crippen molar-refractivity contribution in [2.45, 2.75) is 57.9 Å². The summed E-state index contributed by atoms with van der Waals surface area (Å²) in [4.78, 5) is 39.7. The Labute approximate surface area is 166 Å². The molecule has 5 saturated carbocycles. The second-order valence-corrected chi connectivity index (χ2v) is 10.8. The molecule has 1 aliphatic heterocycles. The molecular formula is C23H30N2O3. The third kappa shape index (κ3) is 2.28. The van der Waals surface area contributed by atoms with Crippen LogP contribution in [0.1, 0.15) is 51.9 Å². The number of nitrogens with zero attached hydrogens (tertiary/aromatic N) is 1. The molecule has 7 rings (SSSR count). The highest BCUT2D eigenvalue weighted by atomic mass is 16.2. The van der Waals surface area contributed by atoms with E-state index in [9.17, 15) is 14.4 Å². The van der Waals surface area contributed by atoms with Gasteiger partial charge in [-0.05, 0) is 86.9 Å². The van der Waals surface area contributed by atoms with Gasteiger partial charge in [0.1, 0.15) is 6.54 Å². The number of fused-ring (bicyclic) bond motifs is 5. The largest absolute Gasteiger partial charge is 0.352 e. The summed E-state index contributed by atoms with van der Waals surface area (Å²) in [5.41, 5.74) is 0.239. The zero-order valence-corrected chi connectivity index (χ0v) is 16.6. The van der Waals surface area contributed by atoms with Gasteiger partial charge in [-0.25, -0.2) is 0 Å². The lowest BCUT2D eigenvalue weighted by atomic mass is 9.48. The van der Waals surface area contributed by atoms with Crippen LogP contribution in [0.5, 0.6) is 0 Å². The van der Waals surface area contributed by atoms with Crippen LogP contribution in [0.25, 0.3) is 0 Å². The maximum Gasteiger partial charge on any atom is 0.240 e. The van der Waals surface area contributed by atoms with Crippen molar-refractivity contribution in [1.29, 1.82) is 0 Å². The van der Waals surface area contributed by atoms with Crippen LogP contribution in [0.4, 0.5) is 0 Å². The Balaban J connectivity index is 1.13. The summed E-state index contributed by atoms with van der Waals surface area (Å²) in [6, 6.07) is 0.124. The molecule has 0 radical (unpaired) electrons. The lowest BCUT2D eigenvalue weighted by Gasteiger charge is -2.59. The highest BCUT2D eigenvalue weighted by molar-refractivity contribution is 6.08. The third-order valence-corrected chi connectivity index (χ3v) is 9.25. The molecule has 1 N–H and O–H groups in total. The highest BCUT2D eigenvalue weighted by Crippen LogP contribution is 2.61.